The standard InChI is InChI=1S/C12H14N2O2S2/c1-2-4-11-12(18-8-13(11)17)9-5-3-6-10(7-9)14(15)16/h2-7,11-12,17H,8H2,1H3. The van der Waals surface area contributed by atoms with E-state index in [1.807, 2.05) is 23.4 Å². The molecule has 1 fully saturated rings. The zero-order valence-corrected chi connectivity index (χ0v) is 11.6. The van der Waals surface area contributed by atoms with Gasteiger partial charge in [0.2, 0.25) is 0 Å². The van der Waals surface area contributed by atoms with E-state index in [1.165, 1.54) is 6.07 Å². The zero-order valence-electron chi connectivity index (χ0n) is 9.89. The summed E-state index contributed by atoms with van der Waals surface area (Å²) in [5.74, 6) is 0.811. The SMILES string of the molecule is CC=CC1C(c2cccc([N+](=O)[O-])c2)SCN1S. The molecule has 0 bridgehead atoms. The van der Waals surface area contributed by atoms with Gasteiger partial charge in [0.25, 0.3) is 5.69 Å². The summed E-state index contributed by atoms with van der Waals surface area (Å²) >= 11 is 6.17. The van der Waals surface area contributed by atoms with Crippen LogP contribution in [0.15, 0.2) is 36.4 Å². The van der Waals surface area contributed by atoms with E-state index in [4.69, 9.17) is 0 Å². The molecule has 2 unspecified atom stereocenters. The number of thioether (sulfide) groups is 1. The Morgan fingerprint density at radius 2 is 2.39 bits per heavy atom. The number of allylic oxidation sites excluding steroid dienone is 1. The van der Waals surface area contributed by atoms with E-state index in [9.17, 15) is 10.1 Å². The van der Waals surface area contributed by atoms with Gasteiger partial charge < -0.3 is 0 Å². The van der Waals surface area contributed by atoms with Crippen molar-refractivity contribution in [1.29, 1.82) is 0 Å². The molecule has 6 heteroatoms. The third kappa shape index (κ3) is 2.71. The minimum absolute atomic E-state index is 0.143. The van der Waals surface area contributed by atoms with Crippen molar-refractivity contribution >= 4 is 30.3 Å². The summed E-state index contributed by atoms with van der Waals surface area (Å²) in [5.41, 5.74) is 1.12. The first-order valence-electron chi connectivity index (χ1n) is 5.57. The Balaban J connectivity index is 2.30. The molecule has 18 heavy (non-hydrogen) atoms. The summed E-state index contributed by atoms with van der Waals surface area (Å²) in [5, 5.41) is 11.0. The van der Waals surface area contributed by atoms with Crippen molar-refractivity contribution in [2.45, 2.75) is 18.2 Å². The number of thiol groups is 1. The first kappa shape index (κ1) is 13.5. The number of hydrogen-bond acceptors (Lipinski definition) is 5. The van der Waals surface area contributed by atoms with Gasteiger partial charge in [-0.2, -0.15) is 0 Å². The summed E-state index contributed by atoms with van der Waals surface area (Å²) < 4.78 is 1.95. The van der Waals surface area contributed by atoms with Gasteiger partial charge in [-0.05, 0) is 12.5 Å². The second-order valence-electron chi connectivity index (χ2n) is 4.02. The number of non-ortho nitro benzene ring substituents is 1. The highest BCUT2D eigenvalue weighted by Gasteiger charge is 2.32. The van der Waals surface area contributed by atoms with Gasteiger partial charge in [-0.3, -0.25) is 10.1 Å². The molecule has 0 spiro atoms. The van der Waals surface area contributed by atoms with Crippen LogP contribution in [-0.4, -0.2) is 21.1 Å². The predicted molar refractivity (Wildman–Crippen MR) is 77.7 cm³/mol. The largest absolute Gasteiger partial charge is 0.269 e. The smallest absolute Gasteiger partial charge is 0.258 e. The summed E-state index contributed by atoms with van der Waals surface area (Å²) in [7, 11) is 0. The van der Waals surface area contributed by atoms with Gasteiger partial charge in [-0.1, -0.05) is 37.1 Å². The van der Waals surface area contributed by atoms with Crippen molar-refractivity contribution in [3.8, 4) is 0 Å². The zero-order chi connectivity index (χ0) is 13.1. The van der Waals surface area contributed by atoms with Crippen LogP contribution in [-0.2, 0) is 0 Å². The highest BCUT2D eigenvalue weighted by atomic mass is 32.2. The Morgan fingerprint density at radius 3 is 3.06 bits per heavy atom. The van der Waals surface area contributed by atoms with Crippen molar-refractivity contribution in [1.82, 2.24) is 4.31 Å². The van der Waals surface area contributed by atoms with Gasteiger partial charge in [0.05, 0.1) is 22.1 Å². The Labute approximate surface area is 116 Å². The molecule has 0 radical (unpaired) electrons. The summed E-state index contributed by atoms with van der Waals surface area (Å²) in [4.78, 5) is 10.4. The number of nitro benzene ring substituents is 1. The molecule has 1 aliphatic heterocycles. The fraction of sp³-hybridized carbons (Fsp3) is 0.333. The molecule has 0 amide bonds. The van der Waals surface area contributed by atoms with Gasteiger partial charge in [0.1, 0.15) is 0 Å². The Bertz CT molecular complexity index is 479. The third-order valence-corrected chi connectivity index (χ3v) is 4.78. The molecule has 2 atom stereocenters. The molecule has 0 aromatic heterocycles. The molecule has 0 saturated carbocycles. The minimum Gasteiger partial charge on any atom is -0.258 e. The van der Waals surface area contributed by atoms with E-state index >= 15 is 0 Å². The summed E-state index contributed by atoms with van der Waals surface area (Å²) in [6.45, 7) is 1.97. The predicted octanol–water partition coefficient (Wildman–Crippen LogP) is 3.43. The highest BCUT2D eigenvalue weighted by molar-refractivity contribution is 8.00. The molecule has 2 rings (SSSR count). The lowest BCUT2D eigenvalue weighted by molar-refractivity contribution is -0.384. The van der Waals surface area contributed by atoms with Gasteiger partial charge >= 0.3 is 0 Å². The van der Waals surface area contributed by atoms with E-state index in [1.54, 1.807) is 23.9 Å². The third-order valence-electron chi connectivity index (χ3n) is 2.84. The normalized spacial score (nSPS) is 24.8. The van der Waals surface area contributed by atoms with E-state index in [2.05, 4.69) is 18.9 Å². The molecular weight excluding hydrogens is 268 g/mol. The fourth-order valence-electron chi connectivity index (χ4n) is 2.00. The van der Waals surface area contributed by atoms with Crippen LogP contribution in [0.25, 0.3) is 0 Å². The average Bonchev–Trinajstić information content (AvgIpc) is 2.72. The molecule has 0 aliphatic carbocycles. The molecule has 1 aliphatic rings. The van der Waals surface area contributed by atoms with Crippen LogP contribution in [0.5, 0.6) is 0 Å². The second-order valence-corrected chi connectivity index (χ2v) is 5.64. The van der Waals surface area contributed by atoms with Crippen molar-refractivity contribution < 1.29 is 4.92 Å². The van der Waals surface area contributed by atoms with Crippen LogP contribution < -0.4 is 0 Å². The molecular formula is C12H14N2O2S2. The van der Waals surface area contributed by atoms with Crippen LogP contribution in [0, 0.1) is 10.1 Å². The van der Waals surface area contributed by atoms with Crippen molar-refractivity contribution in [2.24, 2.45) is 0 Å². The first-order valence-corrected chi connectivity index (χ1v) is 7.02. The van der Waals surface area contributed by atoms with E-state index in [0.29, 0.717) is 0 Å². The maximum absolute atomic E-state index is 10.8. The lowest BCUT2D eigenvalue weighted by Crippen LogP contribution is -2.21. The molecule has 1 heterocycles. The number of benzene rings is 1. The van der Waals surface area contributed by atoms with Gasteiger partial charge in [-0.15, -0.1) is 11.8 Å². The van der Waals surface area contributed by atoms with Crippen molar-refractivity contribution in [3.05, 3.63) is 52.1 Å². The van der Waals surface area contributed by atoms with E-state index < -0.39 is 0 Å². The van der Waals surface area contributed by atoms with Crippen LogP contribution in [0.2, 0.25) is 0 Å². The van der Waals surface area contributed by atoms with Gasteiger partial charge in [0.15, 0.2) is 0 Å². The molecule has 1 aromatic carbocycles. The maximum atomic E-state index is 10.8. The van der Waals surface area contributed by atoms with Gasteiger partial charge in [-0.25, -0.2) is 4.31 Å². The Hall–Kier alpha value is -0.980. The summed E-state index contributed by atoms with van der Waals surface area (Å²) in [6, 6.07) is 7.02. The van der Waals surface area contributed by atoms with E-state index in [0.717, 1.165) is 11.4 Å². The lowest BCUT2D eigenvalue weighted by atomic mass is 10.0. The number of rotatable bonds is 3. The van der Waals surface area contributed by atoms with Crippen LogP contribution in [0.1, 0.15) is 17.7 Å². The fourth-order valence-corrected chi connectivity index (χ4v) is 3.76. The van der Waals surface area contributed by atoms with Crippen LogP contribution in [0.4, 0.5) is 5.69 Å². The Morgan fingerprint density at radius 1 is 1.61 bits per heavy atom. The minimum atomic E-state index is -0.355. The molecule has 96 valence electrons. The highest BCUT2D eigenvalue weighted by Crippen LogP contribution is 2.43. The molecule has 1 aromatic rings. The molecule has 0 N–H and O–H groups in total. The molecule has 4 nitrogen and oxygen atoms in total. The quantitative estimate of drug-likeness (QED) is 0.399. The monoisotopic (exact) mass is 282 g/mol. The topological polar surface area (TPSA) is 46.4 Å². The number of hydrogen-bond donors (Lipinski definition) is 1. The molecule has 1 saturated heterocycles. The summed E-state index contributed by atoms with van der Waals surface area (Å²) in [6.07, 6.45) is 4.07. The number of nitrogens with zero attached hydrogens (tertiary/aromatic N) is 2. The maximum Gasteiger partial charge on any atom is 0.269 e. The van der Waals surface area contributed by atoms with E-state index in [-0.39, 0.29) is 21.9 Å². The first-order chi connectivity index (χ1) is 8.63. The van der Waals surface area contributed by atoms with Gasteiger partial charge in [0, 0.05) is 12.1 Å². The lowest BCUT2D eigenvalue weighted by Gasteiger charge is -2.19. The van der Waals surface area contributed by atoms with Crippen molar-refractivity contribution in [3.63, 3.8) is 0 Å². The van der Waals surface area contributed by atoms with Crippen molar-refractivity contribution in [2.75, 3.05) is 5.88 Å². The average molecular weight is 282 g/mol. The number of nitro groups is 1. The van der Waals surface area contributed by atoms with Crippen LogP contribution in [0.3, 0.4) is 0 Å². The Kier molecular flexibility index (Phi) is 4.31. The van der Waals surface area contributed by atoms with Crippen LogP contribution >= 0.6 is 24.6 Å². The second kappa shape index (κ2) is 5.77.